The molecule has 1 N–H and O–H groups in total. The fourth-order valence-electron chi connectivity index (χ4n) is 3.51. The van der Waals surface area contributed by atoms with Gasteiger partial charge in [-0.1, -0.05) is 60.7 Å². The number of rotatable bonds is 5. The van der Waals surface area contributed by atoms with Gasteiger partial charge >= 0.3 is 12.2 Å². The van der Waals surface area contributed by atoms with Gasteiger partial charge in [-0.05, 0) is 23.8 Å². The molecule has 166 valence electrons. The van der Waals surface area contributed by atoms with E-state index in [0.717, 1.165) is 17.2 Å². The summed E-state index contributed by atoms with van der Waals surface area (Å²) in [4.78, 5) is 14.5. The SMILES string of the molecule is O=C(Nc1ccccc1C(F)(F)F)N1CCSC1c1ccccc1OCc1ccccc1. The molecule has 1 aliphatic heterocycles. The average Bonchev–Trinajstić information content (AvgIpc) is 3.28. The highest BCUT2D eigenvalue weighted by atomic mass is 32.2. The van der Waals surface area contributed by atoms with Crippen molar-refractivity contribution in [1.82, 2.24) is 4.90 Å². The van der Waals surface area contributed by atoms with E-state index in [1.165, 1.54) is 18.2 Å². The number of benzene rings is 3. The molecule has 1 aliphatic rings. The zero-order valence-corrected chi connectivity index (χ0v) is 17.8. The number of thioether (sulfide) groups is 1. The summed E-state index contributed by atoms with van der Waals surface area (Å²) in [5, 5.41) is 2.09. The first-order chi connectivity index (χ1) is 15.4. The summed E-state index contributed by atoms with van der Waals surface area (Å²) in [6.07, 6.45) is -4.55. The molecule has 0 radical (unpaired) electrons. The van der Waals surface area contributed by atoms with Crippen LogP contribution in [-0.4, -0.2) is 23.2 Å². The maximum atomic E-state index is 13.3. The summed E-state index contributed by atoms with van der Waals surface area (Å²) in [5.41, 5.74) is 0.697. The zero-order chi connectivity index (χ0) is 22.6. The lowest BCUT2D eigenvalue weighted by Gasteiger charge is -2.26. The third-order valence-corrected chi connectivity index (χ3v) is 6.29. The minimum atomic E-state index is -4.55. The summed E-state index contributed by atoms with van der Waals surface area (Å²) < 4.78 is 46.0. The van der Waals surface area contributed by atoms with Crippen molar-refractivity contribution in [2.75, 3.05) is 17.6 Å². The number of anilines is 1. The minimum Gasteiger partial charge on any atom is -0.489 e. The summed E-state index contributed by atoms with van der Waals surface area (Å²) in [5.74, 6) is 1.32. The normalized spacial score (nSPS) is 16.1. The predicted octanol–water partition coefficient (Wildman–Crippen LogP) is 6.56. The number of alkyl halides is 3. The molecule has 0 bridgehead atoms. The Morgan fingerprint density at radius 3 is 2.47 bits per heavy atom. The van der Waals surface area contributed by atoms with Gasteiger partial charge in [0.25, 0.3) is 0 Å². The van der Waals surface area contributed by atoms with Gasteiger partial charge in [0.15, 0.2) is 0 Å². The molecule has 3 aromatic carbocycles. The number of nitrogens with one attached hydrogen (secondary N) is 1. The van der Waals surface area contributed by atoms with Crippen LogP contribution < -0.4 is 10.1 Å². The molecule has 0 spiro atoms. The van der Waals surface area contributed by atoms with Crippen LogP contribution in [0.5, 0.6) is 5.75 Å². The Labute approximate surface area is 188 Å². The molecule has 1 fully saturated rings. The number of para-hydroxylation sites is 2. The molecular weight excluding hydrogens is 437 g/mol. The second-order valence-corrected chi connectivity index (χ2v) is 8.39. The van der Waals surface area contributed by atoms with Crippen molar-refractivity contribution in [2.45, 2.75) is 18.2 Å². The minimum absolute atomic E-state index is 0.255. The van der Waals surface area contributed by atoms with Gasteiger partial charge in [0.2, 0.25) is 0 Å². The zero-order valence-electron chi connectivity index (χ0n) is 17.0. The highest BCUT2D eigenvalue weighted by Gasteiger charge is 2.36. The first-order valence-corrected chi connectivity index (χ1v) is 11.1. The molecule has 4 rings (SSSR count). The van der Waals surface area contributed by atoms with Gasteiger partial charge in [-0.25, -0.2) is 4.79 Å². The van der Waals surface area contributed by atoms with E-state index in [1.54, 1.807) is 16.7 Å². The summed E-state index contributed by atoms with van der Waals surface area (Å²) in [6.45, 7) is 0.794. The van der Waals surface area contributed by atoms with Crippen molar-refractivity contribution in [2.24, 2.45) is 0 Å². The lowest BCUT2D eigenvalue weighted by molar-refractivity contribution is -0.136. The molecule has 1 unspecified atom stereocenters. The Kier molecular flexibility index (Phi) is 6.60. The summed E-state index contributed by atoms with van der Waals surface area (Å²) in [7, 11) is 0. The molecule has 1 atom stereocenters. The van der Waals surface area contributed by atoms with Crippen molar-refractivity contribution in [3.05, 3.63) is 95.6 Å². The van der Waals surface area contributed by atoms with Crippen molar-refractivity contribution in [1.29, 1.82) is 0 Å². The molecule has 32 heavy (non-hydrogen) atoms. The maximum Gasteiger partial charge on any atom is 0.418 e. The average molecular weight is 459 g/mol. The second kappa shape index (κ2) is 9.56. The van der Waals surface area contributed by atoms with Crippen LogP contribution in [-0.2, 0) is 12.8 Å². The van der Waals surface area contributed by atoms with Gasteiger partial charge in [-0.15, -0.1) is 11.8 Å². The molecule has 1 heterocycles. The lowest BCUT2D eigenvalue weighted by Crippen LogP contribution is -2.35. The van der Waals surface area contributed by atoms with Gasteiger partial charge in [0.05, 0.1) is 11.3 Å². The Bertz CT molecular complexity index is 1080. The van der Waals surface area contributed by atoms with Crippen LogP contribution in [0, 0.1) is 0 Å². The van der Waals surface area contributed by atoms with Crippen LogP contribution in [0.4, 0.5) is 23.7 Å². The summed E-state index contributed by atoms with van der Waals surface area (Å²) in [6, 6.07) is 21.6. The molecule has 0 saturated carbocycles. The standard InChI is InChI=1S/C24H21F3N2O2S/c25-24(26,27)19-11-5-6-12-20(19)28-23(30)29-14-15-32-22(29)18-10-4-7-13-21(18)31-16-17-8-2-1-3-9-17/h1-13,22H,14-16H2,(H,28,30). The lowest BCUT2D eigenvalue weighted by atomic mass is 10.1. The van der Waals surface area contributed by atoms with Gasteiger partial charge in [0, 0.05) is 17.9 Å². The quantitative estimate of drug-likeness (QED) is 0.471. The number of urea groups is 1. The number of hydrogen-bond acceptors (Lipinski definition) is 3. The predicted molar refractivity (Wildman–Crippen MR) is 120 cm³/mol. The highest BCUT2D eigenvalue weighted by Crippen LogP contribution is 2.42. The third kappa shape index (κ3) is 5.02. The van der Waals surface area contributed by atoms with E-state index in [2.05, 4.69) is 5.32 Å². The van der Waals surface area contributed by atoms with Crippen molar-refractivity contribution < 1.29 is 22.7 Å². The van der Waals surface area contributed by atoms with E-state index in [4.69, 9.17) is 4.74 Å². The number of hydrogen-bond donors (Lipinski definition) is 1. The van der Waals surface area contributed by atoms with Crippen LogP contribution in [0.3, 0.4) is 0 Å². The highest BCUT2D eigenvalue weighted by molar-refractivity contribution is 7.99. The van der Waals surface area contributed by atoms with Gasteiger partial charge in [0.1, 0.15) is 17.7 Å². The molecule has 1 saturated heterocycles. The Hall–Kier alpha value is -3.13. The number of ether oxygens (including phenoxy) is 1. The van der Waals surface area contributed by atoms with Gasteiger partial charge in [-0.3, -0.25) is 0 Å². The van der Waals surface area contributed by atoms with E-state index in [9.17, 15) is 18.0 Å². The monoisotopic (exact) mass is 458 g/mol. The first kappa shape index (κ1) is 22.1. The molecular formula is C24H21F3N2O2S. The second-order valence-electron chi connectivity index (χ2n) is 7.20. The van der Waals surface area contributed by atoms with Gasteiger partial charge < -0.3 is 15.0 Å². The van der Waals surface area contributed by atoms with E-state index in [-0.39, 0.29) is 11.1 Å². The number of halogens is 3. The van der Waals surface area contributed by atoms with E-state index >= 15 is 0 Å². The Balaban J connectivity index is 1.53. The fourth-order valence-corrected chi connectivity index (χ4v) is 4.79. The largest absolute Gasteiger partial charge is 0.489 e. The Morgan fingerprint density at radius 2 is 1.69 bits per heavy atom. The molecule has 4 nitrogen and oxygen atoms in total. The van der Waals surface area contributed by atoms with Crippen LogP contribution in [0.15, 0.2) is 78.9 Å². The first-order valence-electron chi connectivity index (χ1n) is 10.0. The molecule has 2 amide bonds. The van der Waals surface area contributed by atoms with Crippen molar-refractivity contribution >= 4 is 23.5 Å². The molecule has 0 aromatic heterocycles. The summed E-state index contributed by atoms with van der Waals surface area (Å²) >= 11 is 1.55. The van der Waals surface area contributed by atoms with Crippen LogP contribution in [0.1, 0.15) is 22.1 Å². The maximum absolute atomic E-state index is 13.3. The molecule has 8 heteroatoms. The van der Waals surface area contributed by atoms with E-state index in [1.807, 2.05) is 54.6 Å². The van der Waals surface area contributed by atoms with Crippen LogP contribution >= 0.6 is 11.8 Å². The Morgan fingerprint density at radius 1 is 1.00 bits per heavy atom. The van der Waals surface area contributed by atoms with E-state index in [0.29, 0.717) is 24.7 Å². The molecule has 3 aromatic rings. The van der Waals surface area contributed by atoms with Crippen LogP contribution in [0.2, 0.25) is 0 Å². The number of amides is 2. The number of nitrogens with zero attached hydrogens (tertiary/aromatic N) is 1. The third-order valence-electron chi connectivity index (χ3n) is 5.05. The van der Waals surface area contributed by atoms with Crippen LogP contribution in [0.25, 0.3) is 0 Å². The molecule has 0 aliphatic carbocycles. The smallest absolute Gasteiger partial charge is 0.418 e. The fraction of sp³-hybridized carbons (Fsp3) is 0.208. The van der Waals surface area contributed by atoms with E-state index < -0.39 is 17.8 Å². The van der Waals surface area contributed by atoms with Crippen molar-refractivity contribution in [3.63, 3.8) is 0 Å². The van der Waals surface area contributed by atoms with Gasteiger partial charge in [-0.2, -0.15) is 13.2 Å². The topological polar surface area (TPSA) is 41.6 Å². The van der Waals surface area contributed by atoms with Crippen molar-refractivity contribution in [3.8, 4) is 5.75 Å². The number of carbonyl (C=O) groups is 1. The number of carbonyl (C=O) groups excluding carboxylic acids is 1.